The smallest absolute Gasteiger partial charge is 0.321 e. The van der Waals surface area contributed by atoms with E-state index in [9.17, 15) is 18.4 Å². The maximum atomic E-state index is 13.8. The molecule has 3 aromatic rings. The molecule has 160 valence electrons. The zero-order valence-corrected chi connectivity index (χ0v) is 17.2. The Morgan fingerprint density at radius 1 is 1.06 bits per heavy atom. The first kappa shape index (κ1) is 20.9. The summed E-state index contributed by atoms with van der Waals surface area (Å²) < 4.78 is 26.9. The molecule has 4 rings (SSSR count). The number of rotatable bonds is 4. The number of amides is 3. The second-order valence-electron chi connectivity index (χ2n) is 7.11. The Hall–Kier alpha value is -3.40. The van der Waals surface area contributed by atoms with Gasteiger partial charge in [0.15, 0.2) is 0 Å². The molecule has 2 N–H and O–H groups in total. The van der Waals surface area contributed by atoms with Gasteiger partial charge in [-0.05, 0) is 37.1 Å². The molecule has 2 aromatic carbocycles. The van der Waals surface area contributed by atoms with Crippen molar-refractivity contribution in [2.45, 2.75) is 18.8 Å². The lowest BCUT2D eigenvalue weighted by Gasteiger charge is -2.31. The molecule has 10 heteroatoms. The van der Waals surface area contributed by atoms with Gasteiger partial charge >= 0.3 is 6.03 Å². The predicted molar refractivity (Wildman–Crippen MR) is 113 cm³/mol. The fraction of sp³-hybridized carbons (Fsp3) is 0.238. The zero-order valence-electron chi connectivity index (χ0n) is 16.3. The Kier molecular flexibility index (Phi) is 6.17. The number of benzene rings is 2. The molecule has 0 aliphatic carbocycles. The number of hydrogen-bond donors (Lipinski definition) is 2. The second kappa shape index (κ2) is 9.17. The van der Waals surface area contributed by atoms with Crippen LogP contribution in [0.2, 0.25) is 0 Å². The molecular formula is C21H19F2N5O2S. The number of carbonyl (C=O) groups is 2. The van der Waals surface area contributed by atoms with Crippen LogP contribution in [0.4, 0.5) is 25.0 Å². The summed E-state index contributed by atoms with van der Waals surface area (Å²) in [4.78, 5) is 26.5. The van der Waals surface area contributed by atoms with Gasteiger partial charge < -0.3 is 15.5 Å². The van der Waals surface area contributed by atoms with E-state index in [1.807, 2.05) is 18.2 Å². The molecule has 0 bridgehead atoms. The molecule has 0 spiro atoms. The van der Waals surface area contributed by atoms with E-state index in [1.165, 1.54) is 17.4 Å². The molecule has 1 aliphatic rings. The number of para-hydroxylation sites is 1. The quantitative estimate of drug-likeness (QED) is 0.622. The molecule has 1 fully saturated rings. The molecule has 2 heterocycles. The van der Waals surface area contributed by atoms with Crippen LogP contribution in [0.1, 0.15) is 33.6 Å². The first-order valence-corrected chi connectivity index (χ1v) is 10.5. The Morgan fingerprint density at radius 3 is 2.65 bits per heavy atom. The van der Waals surface area contributed by atoms with Crippen molar-refractivity contribution in [2.24, 2.45) is 0 Å². The summed E-state index contributed by atoms with van der Waals surface area (Å²) in [7, 11) is 0. The first-order chi connectivity index (χ1) is 15.0. The number of nitrogens with one attached hydrogen (secondary N) is 2. The number of carbonyl (C=O) groups excluding carboxylic acids is 2. The normalized spacial score (nSPS) is 16.1. The highest BCUT2D eigenvalue weighted by molar-refractivity contribution is 7.13. The van der Waals surface area contributed by atoms with E-state index < -0.39 is 17.7 Å². The van der Waals surface area contributed by atoms with Gasteiger partial charge in [-0.2, -0.15) is 0 Å². The Labute approximate surface area is 181 Å². The van der Waals surface area contributed by atoms with Crippen molar-refractivity contribution in [1.82, 2.24) is 15.1 Å². The van der Waals surface area contributed by atoms with Crippen molar-refractivity contribution in [3.05, 3.63) is 70.2 Å². The van der Waals surface area contributed by atoms with Gasteiger partial charge in [-0.3, -0.25) is 4.79 Å². The summed E-state index contributed by atoms with van der Waals surface area (Å²) in [6, 6.07) is 11.6. The number of nitrogens with zero attached hydrogens (tertiary/aromatic N) is 3. The minimum absolute atomic E-state index is 0.0756. The second-order valence-corrected chi connectivity index (χ2v) is 8.11. The predicted octanol–water partition coefficient (Wildman–Crippen LogP) is 4.48. The third-order valence-corrected chi connectivity index (χ3v) is 5.98. The summed E-state index contributed by atoms with van der Waals surface area (Å²) in [6.07, 6.45) is 1.53. The third kappa shape index (κ3) is 5.02. The van der Waals surface area contributed by atoms with Crippen LogP contribution in [0, 0.1) is 11.6 Å². The number of likely N-dealkylation sites (tertiary alicyclic amines) is 1. The zero-order chi connectivity index (χ0) is 21.8. The lowest BCUT2D eigenvalue weighted by molar-refractivity contribution is 0.102. The maximum absolute atomic E-state index is 13.8. The van der Waals surface area contributed by atoms with Crippen molar-refractivity contribution in [3.8, 4) is 0 Å². The van der Waals surface area contributed by atoms with Crippen molar-refractivity contribution in [1.29, 1.82) is 0 Å². The summed E-state index contributed by atoms with van der Waals surface area (Å²) in [5.74, 6) is -1.96. The molecule has 1 atom stereocenters. The maximum Gasteiger partial charge on any atom is 0.321 e. The van der Waals surface area contributed by atoms with Crippen LogP contribution >= 0.6 is 11.3 Å². The van der Waals surface area contributed by atoms with Gasteiger partial charge in [0.2, 0.25) is 5.01 Å². The molecule has 1 aliphatic heterocycles. The molecular weight excluding hydrogens is 424 g/mol. The summed E-state index contributed by atoms with van der Waals surface area (Å²) in [6.45, 7) is 0.870. The SMILES string of the molecule is O=C(Nc1ccccc1)c1nnc([C@@H]2CCCN(C(=O)Nc3ccc(F)cc3F)C2)s1. The largest absolute Gasteiger partial charge is 0.324 e. The van der Waals surface area contributed by atoms with Crippen molar-refractivity contribution >= 4 is 34.6 Å². The van der Waals surface area contributed by atoms with E-state index in [0.29, 0.717) is 23.8 Å². The Bertz CT molecular complexity index is 1090. The van der Waals surface area contributed by atoms with Gasteiger partial charge in [-0.15, -0.1) is 10.2 Å². The lowest BCUT2D eigenvalue weighted by atomic mass is 9.99. The molecule has 0 unspecified atom stereocenters. The van der Waals surface area contributed by atoms with Gasteiger partial charge in [0.1, 0.15) is 16.6 Å². The van der Waals surface area contributed by atoms with Gasteiger partial charge in [-0.1, -0.05) is 29.5 Å². The van der Waals surface area contributed by atoms with Gasteiger partial charge in [0.05, 0.1) is 5.69 Å². The Balaban J connectivity index is 1.39. The van der Waals surface area contributed by atoms with Crippen LogP contribution < -0.4 is 10.6 Å². The standard InChI is InChI=1S/C21H19F2N5O2S/c22-14-8-9-17(16(23)11-14)25-21(30)28-10-4-5-13(12-28)19-26-27-20(31-19)18(29)24-15-6-2-1-3-7-15/h1-3,6-9,11,13H,4-5,10,12H2,(H,24,29)(H,25,30)/t13-/m1/s1. The molecule has 31 heavy (non-hydrogen) atoms. The number of hydrogen-bond acceptors (Lipinski definition) is 5. The highest BCUT2D eigenvalue weighted by atomic mass is 32.1. The topological polar surface area (TPSA) is 87.2 Å². The lowest BCUT2D eigenvalue weighted by Crippen LogP contribution is -2.41. The van der Waals surface area contributed by atoms with Crippen molar-refractivity contribution < 1.29 is 18.4 Å². The molecule has 1 saturated heterocycles. The molecule has 0 radical (unpaired) electrons. The van der Waals surface area contributed by atoms with Crippen molar-refractivity contribution in [3.63, 3.8) is 0 Å². The van der Waals surface area contributed by atoms with Crippen LogP contribution in [0.15, 0.2) is 48.5 Å². The van der Waals surface area contributed by atoms with Crippen LogP contribution in [-0.2, 0) is 0 Å². The van der Waals surface area contributed by atoms with E-state index in [-0.39, 0.29) is 22.5 Å². The monoisotopic (exact) mass is 443 g/mol. The van der Waals surface area contributed by atoms with E-state index in [2.05, 4.69) is 20.8 Å². The highest BCUT2D eigenvalue weighted by Crippen LogP contribution is 2.30. The summed E-state index contributed by atoms with van der Waals surface area (Å²) >= 11 is 1.19. The summed E-state index contributed by atoms with van der Waals surface area (Å²) in [5.41, 5.74) is 0.585. The van der Waals surface area contributed by atoms with Gasteiger partial charge in [0.25, 0.3) is 5.91 Å². The third-order valence-electron chi connectivity index (χ3n) is 4.90. The number of aromatic nitrogens is 2. The summed E-state index contributed by atoms with van der Waals surface area (Å²) in [5, 5.41) is 14.3. The van der Waals surface area contributed by atoms with Crippen LogP contribution in [0.5, 0.6) is 0 Å². The first-order valence-electron chi connectivity index (χ1n) is 9.70. The van der Waals surface area contributed by atoms with Gasteiger partial charge in [-0.25, -0.2) is 13.6 Å². The molecule has 3 amide bonds. The fourth-order valence-electron chi connectivity index (χ4n) is 3.35. The van der Waals surface area contributed by atoms with Crippen LogP contribution in [0.3, 0.4) is 0 Å². The Morgan fingerprint density at radius 2 is 1.87 bits per heavy atom. The number of piperidine rings is 1. The van der Waals surface area contributed by atoms with E-state index in [1.54, 1.807) is 17.0 Å². The van der Waals surface area contributed by atoms with Crippen LogP contribution in [0.25, 0.3) is 0 Å². The van der Waals surface area contributed by atoms with Crippen molar-refractivity contribution in [2.75, 3.05) is 23.7 Å². The van der Waals surface area contributed by atoms with E-state index in [4.69, 9.17) is 0 Å². The molecule has 7 nitrogen and oxygen atoms in total. The van der Waals surface area contributed by atoms with Crippen LogP contribution in [-0.4, -0.2) is 40.1 Å². The minimum atomic E-state index is -0.833. The number of anilines is 2. The number of urea groups is 1. The highest BCUT2D eigenvalue weighted by Gasteiger charge is 2.28. The fourth-order valence-corrected chi connectivity index (χ4v) is 4.21. The minimum Gasteiger partial charge on any atom is -0.324 e. The number of halogens is 2. The van der Waals surface area contributed by atoms with Gasteiger partial charge in [0, 0.05) is 30.8 Å². The molecule has 0 saturated carbocycles. The average Bonchev–Trinajstić information content (AvgIpc) is 3.27. The average molecular weight is 443 g/mol. The van der Waals surface area contributed by atoms with E-state index >= 15 is 0 Å². The van der Waals surface area contributed by atoms with E-state index in [0.717, 1.165) is 25.0 Å². The molecule has 1 aromatic heterocycles.